The number of amides is 1. The molecule has 5 rings (SSSR count). The van der Waals surface area contributed by atoms with E-state index in [0.717, 1.165) is 12.8 Å². The smallest absolute Gasteiger partial charge is 0.237 e. The molecule has 43 heavy (non-hydrogen) atoms. The van der Waals surface area contributed by atoms with E-state index in [4.69, 9.17) is 23.2 Å². The summed E-state index contributed by atoms with van der Waals surface area (Å²) in [5, 5.41) is 22.4. The Balaban J connectivity index is 0.00000423. The molecule has 3 N–H and O–H groups in total. The molecule has 10 heteroatoms. The van der Waals surface area contributed by atoms with Crippen LogP contribution in [-0.4, -0.2) is 58.6 Å². The van der Waals surface area contributed by atoms with Gasteiger partial charge in [0.05, 0.1) is 23.8 Å². The summed E-state index contributed by atoms with van der Waals surface area (Å²) >= 11 is 12.6. The Labute approximate surface area is 267 Å². The van der Waals surface area contributed by atoms with Crippen molar-refractivity contribution in [3.05, 3.63) is 99.3 Å². The molecule has 0 aromatic heterocycles. The van der Waals surface area contributed by atoms with Crippen molar-refractivity contribution in [1.29, 1.82) is 0 Å². The summed E-state index contributed by atoms with van der Waals surface area (Å²) in [7, 11) is 1.86. The van der Waals surface area contributed by atoms with E-state index in [9.17, 15) is 19.8 Å². The predicted molar refractivity (Wildman–Crippen MR) is 170 cm³/mol. The van der Waals surface area contributed by atoms with Crippen LogP contribution in [0.5, 0.6) is 0 Å². The fourth-order valence-electron chi connectivity index (χ4n) is 7.07. The number of hydrogen-bond acceptors (Lipinski definition) is 5. The molecule has 0 bridgehead atoms. The van der Waals surface area contributed by atoms with E-state index in [1.165, 1.54) is 17.7 Å². The molecule has 5 atom stereocenters. The second-order valence-electron chi connectivity index (χ2n) is 11.4. The first kappa shape index (κ1) is 33.4. The number of Topliss-reactive ketones (excluding diaryl/α,β-unsaturated/α-hetero) is 1. The number of aliphatic hydroxyl groups excluding tert-OH is 2. The maximum Gasteiger partial charge on any atom is 0.237 e. The van der Waals surface area contributed by atoms with Crippen molar-refractivity contribution < 1.29 is 24.2 Å². The summed E-state index contributed by atoms with van der Waals surface area (Å²) in [6, 6.07) is 18.9. The SMILES string of the molecule is CN1[C@@H](C(=O)CCC[C@H](O)CO)[C@H](c2cccc(Cl)c2)[C@@]2(C(=O)Nc3cc(Cl)c(F)cc32)[C@H]1CCCc1ccccc1.Cl. The van der Waals surface area contributed by atoms with Crippen molar-refractivity contribution in [2.24, 2.45) is 0 Å². The van der Waals surface area contributed by atoms with Crippen LogP contribution in [0.3, 0.4) is 0 Å². The largest absolute Gasteiger partial charge is 0.394 e. The van der Waals surface area contributed by atoms with Crippen molar-refractivity contribution in [2.45, 2.75) is 68.0 Å². The van der Waals surface area contributed by atoms with Gasteiger partial charge in [-0.3, -0.25) is 14.5 Å². The first-order chi connectivity index (χ1) is 20.2. The van der Waals surface area contributed by atoms with Gasteiger partial charge >= 0.3 is 0 Å². The molecule has 3 aromatic carbocycles. The number of anilines is 1. The predicted octanol–water partition coefficient (Wildman–Crippen LogP) is 6.33. The van der Waals surface area contributed by atoms with E-state index in [0.29, 0.717) is 34.7 Å². The van der Waals surface area contributed by atoms with E-state index in [2.05, 4.69) is 17.4 Å². The molecule has 0 unspecified atom stereocenters. The molecular formula is C33H36Cl3FN2O4. The normalized spacial score (nSPS) is 23.6. The number of aryl methyl sites for hydroxylation is 1. The Hall–Kier alpha value is -2.52. The van der Waals surface area contributed by atoms with Crippen molar-refractivity contribution in [3.63, 3.8) is 0 Å². The number of aliphatic hydroxyl groups is 2. The number of halogens is 4. The Morgan fingerprint density at radius 2 is 1.84 bits per heavy atom. The third kappa shape index (κ3) is 6.35. The van der Waals surface area contributed by atoms with Gasteiger partial charge in [0.1, 0.15) is 11.2 Å². The van der Waals surface area contributed by atoms with Gasteiger partial charge in [0, 0.05) is 29.1 Å². The van der Waals surface area contributed by atoms with Crippen molar-refractivity contribution in [2.75, 3.05) is 19.0 Å². The first-order valence-electron chi connectivity index (χ1n) is 14.3. The Morgan fingerprint density at radius 3 is 2.53 bits per heavy atom. The van der Waals surface area contributed by atoms with Crippen LogP contribution in [0.4, 0.5) is 10.1 Å². The highest BCUT2D eigenvalue weighted by atomic mass is 35.5. The van der Waals surface area contributed by atoms with Crippen LogP contribution in [-0.2, 0) is 21.4 Å². The fraction of sp³-hybridized carbons (Fsp3) is 0.394. The molecule has 0 aliphatic carbocycles. The van der Waals surface area contributed by atoms with Gasteiger partial charge in [-0.25, -0.2) is 4.39 Å². The van der Waals surface area contributed by atoms with Gasteiger partial charge < -0.3 is 15.5 Å². The van der Waals surface area contributed by atoms with Crippen LogP contribution in [0.25, 0.3) is 0 Å². The molecule has 2 heterocycles. The standard InChI is InChI=1S/C33H35Cl2FN2O4.ClH/c1-38-29(15-5-10-20-8-3-2-4-9-20)33(24-17-26(36)25(35)18-27(24)37-32(33)42)30(21-11-6-12-22(34)16-21)31(38)28(41)14-7-13-23(40)19-39;/h2-4,6,8-9,11-12,16-18,23,29-31,39-40H,5,7,10,13-15,19H2,1H3,(H,37,42);1H/t23-,29+,30-,31-,33-;/m0./s1. The number of rotatable bonds is 11. The number of nitrogens with zero attached hydrogens (tertiary/aromatic N) is 1. The van der Waals surface area contributed by atoms with Crippen LogP contribution >= 0.6 is 35.6 Å². The minimum Gasteiger partial charge on any atom is -0.394 e. The molecule has 2 aliphatic rings. The molecule has 0 saturated carbocycles. The monoisotopic (exact) mass is 648 g/mol. The van der Waals surface area contributed by atoms with E-state index in [-0.39, 0.29) is 48.6 Å². The van der Waals surface area contributed by atoms with Crippen molar-refractivity contribution in [3.8, 4) is 0 Å². The van der Waals surface area contributed by atoms with E-state index in [1.807, 2.05) is 36.2 Å². The van der Waals surface area contributed by atoms with Gasteiger partial charge in [-0.15, -0.1) is 12.4 Å². The highest BCUT2D eigenvalue weighted by Gasteiger charge is 2.67. The Kier molecular flexibility index (Phi) is 10.9. The van der Waals surface area contributed by atoms with Crippen molar-refractivity contribution >= 4 is 53.0 Å². The molecule has 2 aliphatic heterocycles. The van der Waals surface area contributed by atoms with E-state index < -0.39 is 35.3 Å². The van der Waals surface area contributed by atoms with E-state index >= 15 is 4.39 Å². The maximum atomic E-state index is 15.1. The molecule has 3 aromatic rings. The summed E-state index contributed by atoms with van der Waals surface area (Å²) in [5.41, 5.74) is 1.53. The number of likely N-dealkylation sites (tertiary alicyclic amines) is 1. The number of carbonyl (C=O) groups is 2. The molecule has 1 amide bonds. The van der Waals surface area contributed by atoms with Gasteiger partial charge in [0.2, 0.25) is 5.91 Å². The summed E-state index contributed by atoms with van der Waals surface area (Å²) in [5.74, 6) is -1.69. The minimum absolute atomic E-state index is 0. The van der Waals surface area contributed by atoms with Gasteiger partial charge in [0.25, 0.3) is 0 Å². The quantitative estimate of drug-likeness (QED) is 0.226. The highest BCUT2D eigenvalue weighted by molar-refractivity contribution is 6.31. The number of benzene rings is 3. The Bertz CT molecular complexity index is 1460. The lowest BCUT2D eigenvalue weighted by Gasteiger charge is -2.36. The average Bonchev–Trinajstić information content (AvgIpc) is 3.39. The second kappa shape index (κ2) is 14.1. The van der Waals surface area contributed by atoms with Crippen LogP contribution in [0, 0.1) is 5.82 Å². The number of nitrogens with one attached hydrogen (secondary N) is 1. The van der Waals surface area contributed by atoms with Crippen LogP contribution in [0.2, 0.25) is 10.0 Å². The summed E-state index contributed by atoms with van der Waals surface area (Å²) in [6.07, 6.45) is 2.01. The molecule has 0 radical (unpaired) electrons. The van der Waals surface area contributed by atoms with Crippen LogP contribution < -0.4 is 5.32 Å². The summed E-state index contributed by atoms with van der Waals surface area (Å²) < 4.78 is 15.1. The second-order valence-corrected chi connectivity index (χ2v) is 12.2. The summed E-state index contributed by atoms with van der Waals surface area (Å²) in [6.45, 7) is -0.375. The van der Waals surface area contributed by atoms with Crippen molar-refractivity contribution in [1.82, 2.24) is 4.90 Å². The topological polar surface area (TPSA) is 89.9 Å². The zero-order chi connectivity index (χ0) is 30.0. The molecular weight excluding hydrogens is 614 g/mol. The van der Waals surface area contributed by atoms with E-state index in [1.54, 1.807) is 18.2 Å². The molecule has 230 valence electrons. The fourth-order valence-corrected chi connectivity index (χ4v) is 7.43. The third-order valence-electron chi connectivity index (χ3n) is 8.89. The lowest BCUT2D eigenvalue weighted by molar-refractivity contribution is -0.124. The molecule has 6 nitrogen and oxygen atoms in total. The lowest BCUT2D eigenvalue weighted by Crippen LogP contribution is -2.48. The van der Waals surface area contributed by atoms with Gasteiger partial charge in [-0.05, 0) is 80.1 Å². The minimum atomic E-state index is -1.29. The lowest BCUT2D eigenvalue weighted by atomic mass is 9.63. The number of fused-ring (bicyclic) bond motifs is 2. The van der Waals surface area contributed by atoms with Gasteiger partial charge in [0.15, 0.2) is 5.78 Å². The molecule has 1 fully saturated rings. The number of hydrogen-bond donors (Lipinski definition) is 3. The van der Waals surface area contributed by atoms with Crippen LogP contribution in [0.15, 0.2) is 66.7 Å². The number of ketones is 1. The number of likely N-dealkylation sites (N-methyl/N-ethyl adjacent to an activating group) is 1. The average molecular weight is 650 g/mol. The van der Waals surface area contributed by atoms with Gasteiger partial charge in [-0.2, -0.15) is 0 Å². The maximum absolute atomic E-state index is 15.1. The zero-order valence-electron chi connectivity index (χ0n) is 23.8. The first-order valence-corrected chi connectivity index (χ1v) is 15.1. The highest BCUT2D eigenvalue weighted by Crippen LogP contribution is 2.59. The molecule has 1 saturated heterocycles. The summed E-state index contributed by atoms with van der Waals surface area (Å²) in [4.78, 5) is 30.4. The zero-order valence-corrected chi connectivity index (χ0v) is 26.1. The van der Waals surface area contributed by atoms with Gasteiger partial charge in [-0.1, -0.05) is 65.7 Å². The van der Waals surface area contributed by atoms with Crippen LogP contribution in [0.1, 0.15) is 54.7 Å². The molecule has 1 spiro atoms. The Morgan fingerprint density at radius 1 is 1.09 bits per heavy atom. The number of carbonyl (C=O) groups excluding carboxylic acids is 2. The third-order valence-corrected chi connectivity index (χ3v) is 9.41.